The molecule has 1 aromatic carbocycles. The summed E-state index contributed by atoms with van der Waals surface area (Å²) in [5, 5.41) is 0. The summed E-state index contributed by atoms with van der Waals surface area (Å²) in [4.78, 5) is 2.62. The van der Waals surface area contributed by atoms with Gasteiger partial charge >= 0.3 is 0 Å². The fraction of sp³-hybridized carbons (Fsp3) is 0.698. The zero-order valence-electron chi connectivity index (χ0n) is 30.3. The summed E-state index contributed by atoms with van der Waals surface area (Å²) in [6, 6.07) is 13.7. The molecular formula is C43H73N2+. The SMILES string of the molecule is CCCCCCCCCCCCCCCCCC[n+]1ccc(C=Cc2ccc(N(CCCCCC)CCCCCC)cc2)cc1. The van der Waals surface area contributed by atoms with E-state index < -0.39 is 0 Å². The van der Waals surface area contributed by atoms with Gasteiger partial charge in [0.1, 0.15) is 6.54 Å². The van der Waals surface area contributed by atoms with Gasteiger partial charge < -0.3 is 4.90 Å². The van der Waals surface area contributed by atoms with E-state index in [2.05, 4.69) is 91.2 Å². The second-order valence-electron chi connectivity index (χ2n) is 13.7. The largest absolute Gasteiger partial charge is 0.372 e. The Balaban J connectivity index is 1.59. The fourth-order valence-corrected chi connectivity index (χ4v) is 6.39. The molecule has 2 heteroatoms. The lowest BCUT2D eigenvalue weighted by Gasteiger charge is -2.25. The first-order valence-electron chi connectivity index (χ1n) is 19.8. The van der Waals surface area contributed by atoms with Gasteiger partial charge in [-0.2, -0.15) is 0 Å². The maximum atomic E-state index is 2.62. The molecule has 2 aromatic rings. The summed E-state index contributed by atoms with van der Waals surface area (Å²) < 4.78 is 2.35. The number of hydrogen-bond acceptors (Lipinski definition) is 1. The van der Waals surface area contributed by atoms with E-state index in [4.69, 9.17) is 0 Å². The molecule has 0 amide bonds. The summed E-state index contributed by atoms with van der Waals surface area (Å²) in [7, 11) is 0. The smallest absolute Gasteiger partial charge is 0.169 e. The van der Waals surface area contributed by atoms with Crippen LogP contribution in [0, 0.1) is 0 Å². The van der Waals surface area contributed by atoms with Gasteiger partial charge in [0.25, 0.3) is 0 Å². The van der Waals surface area contributed by atoms with Gasteiger partial charge in [0.15, 0.2) is 12.4 Å². The average molecular weight is 618 g/mol. The van der Waals surface area contributed by atoms with Crippen molar-refractivity contribution in [3.63, 3.8) is 0 Å². The molecular weight excluding hydrogens is 544 g/mol. The molecule has 2 rings (SSSR count). The Morgan fingerprint density at radius 2 is 0.778 bits per heavy atom. The Morgan fingerprint density at radius 1 is 0.422 bits per heavy atom. The number of pyridine rings is 1. The quantitative estimate of drug-likeness (QED) is 0.0625. The van der Waals surface area contributed by atoms with Gasteiger partial charge in [0.05, 0.1) is 0 Å². The Bertz CT molecular complexity index is 917. The van der Waals surface area contributed by atoms with E-state index in [0.717, 1.165) is 6.54 Å². The Morgan fingerprint density at radius 3 is 1.20 bits per heavy atom. The second-order valence-corrected chi connectivity index (χ2v) is 13.7. The van der Waals surface area contributed by atoms with Crippen LogP contribution in [-0.2, 0) is 6.54 Å². The van der Waals surface area contributed by atoms with E-state index in [-0.39, 0.29) is 0 Å². The molecule has 0 aliphatic rings. The van der Waals surface area contributed by atoms with Crippen LogP contribution in [0.15, 0.2) is 48.8 Å². The minimum atomic E-state index is 1.14. The molecule has 0 N–H and O–H groups in total. The highest BCUT2D eigenvalue weighted by molar-refractivity contribution is 5.70. The molecule has 45 heavy (non-hydrogen) atoms. The first-order valence-corrected chi connectivity index (χ1v) is 19.8. The van der Waals surface area contributed by atoms with Gasteiger partial charge in [-0.3, -0.25) is 0 Å². The molecule has 2 nitrogen and oxygen atoms in total. The second kappa shape index (κ2) is 28.2. The van der Waals surface area contributed by atoms with Crippen LogP contribution in [0.4, 0.5) is 5.69 Å². The zero-order valence-corrected chi connectivity index (χ0v) is 30.3. The first-order chi connectivity index (χ1) is 22.3. The monoisotopic (exact) mass is 618 g/mol. The molecule has 0 aliphatic heterocycles. The van der Waals surface area contributed by atoms with E-state index in [1.165, 1.54) is 184 Å². The lowest BCUT2D eigenvalue weighted by Crippen LogP contribution is -2.32. The van der Waals surface area contributed by atoms with E-state index in [9.17, 15) is 0 Å². The van der Waals surface area contributed by atoms with E-state index >= 15 is 0 Å². The average Bonchev–Trinajstić information content (AvgIpc) is 3.07. The van der Waals surface area contributed by atoms with Crippen molar-refractivity contribution in [3.05, 3.63) is 59.9 Å². The van der Waals surface area contributed by atoms with Crippen LogP contribution in [0.3, 0.4) is 0 Å². The van der Waals surface area contributed by atoms with Crippen LogP contribution in [0.5, 0.6) is 0 Å². The van der Waals surface area contributed by atoms with E-state index in [0.29, 0.717) is 0 Å². The van der Waals surface area contributed by atoms with Crippen molar-refractivity contribution < 1.29 is 4.57 Å². The van der Waals surface area contributed by atoms with E-state index in [1.54, 1.807) is 0 Å². The van der Waals surface area contributed by atoms with Crippen molar-refractivity contribution in [2.45, 2.75) is 181 Å². The number of nitrogens with zero attached hydrogens (tertiary/aromatic N) is 2. The van der Waals surface area contributed by atoms with Gasteiger partial charge in [-0.15, -0.1) is 0 Å². The minimum absolute atomic E-state index is 1.14. The predicted molar refractivity (Wildman–Crippen MR) is 202 cm³/mol. The molecule has 0 bridgehead atoms. The van der Waals surface area contributed by atoms with Crippen molar-refractivity contribution in [2.75, 3.05) is 18.0 Å². The van der Waals surface area contributed by atoms with Crippen molar-refractivity contribution >= 4 is 17.8 Å². The molecule has 0 radical (unpaired) electrons. The fourth-order valence-electron chi connectivity index (χ4n) is 6.39. The highest BCUT2D eigenvalue weighted by atomic mass is 15.1. The predicted octanol–water partition coefficient (Wildman–Crippen LogP) is 13.4. The van der Waals surface area contributed by atoms with Crippen molar-refractivity contribution in [1.82, 2.24) is 0 Å². The molecule has 0 spiro atoms. The maximum Gasteiger partial charge on any atom is 0.169 e. The summed E-state index contributed by atoms with van der Waals surface area (Å²) in [5.74, 6) is 0. The molecule has 0 aliphatic carbocycles. The van der Waals surface area contributed by atoms with Gasteiger partial charge in [0.2, 0.25) is 0 Å². The molecule has 1 heterocycles. The zero-order chi connectivity index (χ0) is 32.0. The van der Waals surface area contributed by atoms with Crippen molar-refractivity contribution in [2.24, 2.45) is 0 Å². The van der Waals surface area contributed by atoms with Crippen LogP contribution in [0.2, 0.25) is 0 Å². The van der Waals surface area contributed by atoms with Gasteiger partial charge in [-0.25, -0.2) is 4.57 Å². The maximum absolute atomic E-state index is 2.62. The third-order valence-corrected chi connectivity index (χ3v) is 9.48. The first kappa shape index (κ1) is 39.1. The number of anilines is 1. The number of unbranched alkanes of at least 4 members (excludes halogenated alkanes) is 21. The lowest BCUT2D eigenvalue weighted by molar-refractivity contribution is -0.697. The molecule has 0 atom stereocenters. The molecule has 0 saturated heterocycles. The third-order valence-electron chi connectivity index (χ3n) is 9.48. The molecule has 254 valence electrons. The molecule has 0 saturated carbocycles. The minimum Gasteiger partial charge on any atom is -0.372 e. The molecule has 1 aromatic heterocycles. The van der Waals surface area contributed by atoms with Crippen LogP contribution in [-0.4, -0.2) is 13.1 Å². The summed E-state index contributed by atoms with van der Waals surface area (Å²) in [5.41, 5.74) is 3.94. The number of aryl methyl sites for hydroxylation is 1. The summed E-state index contributed by atoms with van der Waals surface area (Å²) >= 11 is 0. The summed E-state index contributed by atoms with van der Waals surface area (Å²) in [6.07, 6.45) is 42.4. The number of hydrogen-bond donors (Lipinski definition) is 0. The Labute approximate surface area is 281 Å². The topological polar surface area (TPSA) is 7.12 Å². The van der Waals surface area contributed by atoms with Crippen LogP contribution in [0.25, 0.3) is 12.2 Å². The van der Waals surface area contributed by atoms with Crippen LogP contribution in [0.1, 0.15) is 186 Å². The van der Waals surface area contributed by atoms with Gasteiger partial charge in [-0.1, -0.05) is 173 Å². The Kier molecular flexibility index (Phi) is 24.5. The number of rotatable bonds is 30. The highest BCUT2D eigenvalue weighted by Gasteiger charge is 2.07. The third kappa shape index (κ3) is 20.6. The van der Waals surface area contributed by atoms with Gasteiger partial charge in [-0.05, 0) is 42.5 Å². The molecule has 0 unspecified atom stereocenters. The van der Waals surface area contributed by atoms with Gasteiger partial charge in [0, 0.05) is 37.3 Å². The highest BCUT2D eigenvalue weighted by Crippen LogP contribution is 2.19. The molecule has 0 fully saturated rings. The van der Waals surface area contributed by atoms with E-state index in [1.807, 2.05) is 0 Å². The van der Waals surface area contributed by atoms with Crippen LogP contribution < -0.4 is 9.47 Å². The summed E-state index contributed by atoms with van der Waals surface area (Å²) in [6.45, 7) is 10.4. The Hall–Kier alpha value is -2.09. The standard InChI is InChI=1S/C43H73N2/c1-4-7-10-13-14-15-16-17-18-19-20-21-22-23-24-25-36-44-39-34-42(35-40-44)29-28-41-30-32-43(33-31-41)45(37-26-11-8-5-2)38-27-12-9-6-3/h28-35,39-40H,4-27,36-38H2,1-3H3/q+1. The van der Waals surface area contributed by atoms with Crippen LogP contribution >= 0.6 is 0 Å². The number of benzene rings is 1. The normalized spacial score (nSPS) is 11.5. The number of aromatic nitrogens is 1. The lowest BCUT2D eigenvalue weighted by atomic mass is 10.0. The van der Waals surface area contributed by atoms with Crippen molar-refractivity contribution in [3.8, 4) is 0 Å². The van der Waals surface area contributed by atoms with Crippen molar-refractivity contribution in [1.29, 1.82) is 0 Å².